The van der Waals surface area contributed by atoms with E-state index < -0.39 is 11.0 Å². The minimum absolute atomic E-state index is 0.536. The van der Waals surface area contributed by atoms with Crippen LogP contribution in [0.5, 0.6) is 11.5 Å². The van der Waals surface area contributed by atoms with E-state index in [0.29, 0.717) is 12.1 Å². The molecule has 0 radical (unpaired) electrons. The number of anilines is 2. The predicted molar refractivity (Wildman–Crippen MR) is 142 cm³/mol. The second kappa shape index (κ2) is 10.3. The van der Waals surface area contributed by atoms with E-state index in [0.717, 1.165) is 47.3 Å². The van der Waals surface area contributed by atoms with Crippen LogP contribution in [-0.4, -0.2) is 48.5 Å². The molecule has 2 saturated heterocycles. The first-order valence-corrected chi connectivity index (χ1v) is 13.3. The fraction of sp³-hybridized carbons (Fsp3) is 0.357. The predicted octanol–water partition coefficient (Wildman–Crippen LogP) is 5.00. The Morgan fingerprint density at radius 1 is 0.886 bits per heavy atom. The Morgan fingerprint density at radius 3 is 2.17 bits per heavy atom. The maximum Gasteiger partial charge on any atom is 0.161 e. The smallest absolute Gasteiger partial charge is 0.161 e. The Balaban J connectivity index is 1.21. The third-order valence-electron chi connectivity index (χ3n) is 7.12. The van der Waals surface area contributed by atoms with Crippen molar-refractivity contribution in [2.75, 3.05) is 36.9 Å². The molecular formula is C28H33N3O3S. The first kappa shape index (κ1) is 23.7. The van der Waals surface area contributed by atoms with Gasteiger partial charge in [0.25, 0.3) is 0 Å². The Bertz CT molecular complexity index is 1170. The number of nitrogens with one attached hydrogen (secondary N) is 1. The van der Waals surface area contributed by atoms with Crippen LogP contribution >= 0.6 is 0 Å². The van der Waals surface area contributed by atoms with Gasteiger partial charge in [0, 0.05) is 43.1 Å². The lowest BCUT2D eigenvalue weighted by Gasteiger charge is -2.42. The molecule has 0 aliphatic carbocycles. The summed E-state index contributed by atoms with van der Waals surface area (Å²) < 4.78 is 26.6. The molecular weight excluding hydrogens is 458 g/mol. The first-order valence-electron chi connectivity index (χ1n) is 12.1. The SMILES string of the molecule is COc1ccc(CN2[C@@H]3CC[C@H]2CN(c2ccc(NS(=O)c4ccc(C)cc4)cc2)C3)cc1OC. The largest absolute Gasteiger partial charge is 0.493 e. The average Bonchev–Trinajstić information content (AvgIpc) is 3.10. The molecule has 1 N–H and O–H groups in total. The summed E-state index contributed by atoms with van der Waals surface area (Å²) in [5, 5.41) is 0. The van der Waals surface area contributed by atoms with Gasteiger partial charge in [-0.05, 0) is 73.9 Å². The standard InChI is InChI=1S/C28H33N3O3S/c1-20-4-13-26(14-5-20)35(32)29-22-7-9-23(10-8-22)30-18-24-11-12-25(19-30)31(24)17-21-6-15-27(33-2)28(16-21)34-3/h4-10,13-16,24-25,29H,11-12,17-19H2,1-3H3/t24-,25+,35?. The fourth-order valence-electron chi connectivity index (χ4n) is 5.22. The first-order chi connectivity index (χ1) is 17.0. The van der Waals surface area contributed by atoms with Crippen LogP contribution < -0.4 is 19.1 Å². The molecule has 0 spiro atoms. The summed E-state index contributed by atoms with van der Waals surface area (Å²) in [5.74, 6) is 1.55. The molecule has 2 fully saturated rings. The maximum absolute atomic E-state index is 12.6. The molecule has 1 unspecified atom stereocenters. The van der Waals surface area contributed by atoms with Gasteiger partial charge in [-0.15, -0.1) is 0 Å². The molecule has 7 heteroatoms. The maximum atomic E-state index is 12.6. The van der Waals surface area contributed by atoms with Crippen LogP contribution in [0.1, 0.15) is 24.0 Å². The Hall–Kier alpha value is -3.03. The van der Waals surface area contributed by atoms with E-state index in [4.69, 9.17) is 9.47 Å². The molecule has 2 aliphatic heterocycles. The van der Waals surface area contributed by atoms with E-state index in [1.807, 2.05) is 49.4 Å². The third-order valence-corrected chi connectivity index (χ3v) is 8.25. The quantitative estimate of drug-likeness (QED) is 0.481. The van der Waals surface area contributed by atoms with Crippen molar-refractivity contribution in [2.24, 2.45) is 0 Å². The second-order valence-electron chi connectivity index (χ2n) is 9.38. The zero-order valence-electron chi connectivity index (χ0n) is 20.6. The minimum Gasteiger partial charge on any atom is -0.493 e. The number of hydrogen-bond acceptors (Lipinski definition) is 5. The van der Waals surface area contributed by atoms with Crippen molar-refractivity contribution >= 4 is 22.4 Å². The molecule has 5 rings (SSSR count). The van der Waals surface area contributed by atoms with Gasteiger partial charge in [-0.25, -0.2) is 4.21 Å². The van der Waals surface area contributed by atoms with Crippen molar-refractivity contribution in [3.05, 3.63) is 77.9 Å². The Labute approximate surface area is 210 Å². The van der Waals surface area contributed by atoms with Crippen LogP contribution in [-0.2, 0) is 17.5 Å². The van der Waals surface area contributed by atoms with Crippen LogP contribution in [0.3, 0.4) is 0 Å². The normalized spacial score (nSPS) is 20.5. The number of nitrogens with zero attached hydrogens (tertiary/aromatic N) is 2. The van der Waals surface area contributed by atoms with Crippen molar-refractivity contribution < 1.29 is 13.7 Å². The summed E-state index contributed by atoms with van der Waals surface area (Å²) in [6, 6.07) is 23.4. The lowest BCUT2D eigenvalue weighted by atomic mass is 10.1. The zero-order chi connectivity index (χ0) is 24.4. The molecule has 0 amide bonds. The van der Waals surface area contributed by atoms with Gasteiger partial charge in [0.1, 0.15) is 11.0 Å². The molecule has 0 aromatic heterocycles. The third kappa shape index (κ3) is 5.16. The van der Waals surface area contributed by atoms with Gasteiger partial charge in [-0.2, -0.15) is 0 Å². The molecule has 2 heterocycles. The number of rotatable bonds is 8. The number of benzene rings is 3. The van der Waals surface area contributed by atoms with Gasteiger partial charge in [0.2, 0.25) is 0 Å². The molecule has 2 bridgehead atoms. The highest BCUT2D eigenvalue weighted by Gasteiger charge is 2.39. The van der Waals surface area contributed by atoms with E-state index in [9.17, 15) is 4.21 Å². The summed E-state index contributed by atoms with van der Waals surface area (Å²) in [6.07, 6.45) is 2.45. The molecule has 35 heavy (non-hydrogen) atoms. The van der Waals surface area contributed by atoms with E-state index in [-0.39, 0.29) is 0 Å². The second-order valence-corrected chi connectivity index (χ2v) is 10.6. The highest BCUT2D eigenvalue weighted by atomic mass is 32.2. The van der Waals surface area contributed by atoms with Crippen molar-refractivity contribution in [2.45, 2.75) is 43.3 Å². The fourth-order valence-corrected chi connectivity index (χ4v) is 6.07. The number of hydrogen-bond donors (Lipinski definition) is 1. The lowest BCUT2D eigenvalue weighted by molar-refractivity contribution is 0.160. The van der Waals surface area contributed by atoms with Crippen LogP contribution in [0.2, 0.25) is 0 Å². The lowest BCUT2D eigenvalue weighted by Crippen LogP contribution is -2.53. The number of fused-ring (bicyclic) bond motifs is 2. The van der Waals surface area contributed by atoms with Crippen molar-refractivity contribution in [1.82, 2.24) is 4.90 Å². The van der Waals surface area contributed by atoms with Gasteiger partial charge in [0.05, 0.1) is 19.1 Å². The Kier molecular flexibility index (Phi) is 6.97. The van der Waals surface area contributed by atoms with Gasteiger partial charge in [-0.3, -0.25) is 4.90 Å². The van der Waals surface area contributed by atoms with E-state index >= 15 is 0 Å². The summed E-state index contributed by atoms with van der Waals surface area (Å²) in [4.78, 5) is 5.92. The van der Waals surface area contributed by atoms with Crippen molar-refractivity contribution in [3.8, 4) is 11.5 Å². The van der Waals surface area contributed by atoms with E-state index in [1.54, 1.807) is 14.2 Å². The molecule has 2 aliphatic rings. The van der Waals surface area contributed by atoms with Crippen LogP contribution in [0.4, 0.5) is 11.4 Å². The number of piperazine rings is 1. The molecule has 3 aromatic rings. The average molecular weight is 492 g/mol. The van der Waals surface area contributed by atoms with Crippen LogP contribution in [0, 0.1) is 6.92 Å². The van der Waals surface area contributed by atoms with Gasteiger partial charge < -0.3 is 19.1 Å². The Morgan fingerprint density at radius 2 is 1.54 bits per heavy atom. The monoisotopic (exact) mass is 491 g/mol. The molecule has 184 valence electrons. The van der Waals surface area contributed by atoms with E-state index in [2.05, 4.69) is 38.8 Å². The van der Waals surface area contributed by atoms with Crippen molar-refractivity contribution in [3.63, 3.8) is 0 Å². The highest BCUT2D eigenvalue weighted by molar-refractivity contribution is 7.86. The number of methoxy groups -OCH3 is 2. The minimum atomic E-state index is -1.27. The van der Waals surface area contributed by atoms with Gasteiger partial charge in [0.15, 0.2) is 11.5 Å². The summed E-state index contributed by atoms with van der Waals surface area (Å²) in [7, 11) is 2.08. The van der Waals surface area contributed by atoms with Crippen LogP contribution in [0.15, 0.2) is 71.6 Å². The summed E-state index contributed by atoms with van der Waals surface area (Å²) in [5.41, 5.74) is 4.50. The molecule has 6 nitrogen and oxygen atoms in total. The van der Waals surface area contributed by atoms with Gasteiger partial charge >= 0.3 is 0 Å². The van der Waals surface area contributed by atoms with Crippen molar-refractivity contribution in [1.29, 1.82) is 0 Å². The molecule has 0 saturated carbocycles. The molecule has 3 aromatic carbocycles. The molecule has 3 atom stereocenters. The zero-order valence-corrected chi connectivity index (χ0v) is 21.4. The topological polar surface area (TPSA) is 54.0 Å². The van der Waals surface area contributed by atoms with E-state index in [1.165, 1.54) is 24.1 Å². The summed E-state index contributed by atoms with van der Waals surface area (Å²) in [6.45, 7) is 5.00. The number of ether oxygens (including phenoxy) is 2. The highest BCUT2D eigenvalue weighted by Crippen LogP contribution is 2.35. The van der Waals surface area contributed by atoms with Crippen LogP contribution in [0.25, 0.3) is 0 Å². The summed E-state index contributed by atoms with van der Waals surface area (Å²) >= 11 is 0. The van der Waals surface area contributed by atoms with Gasteiger partial charge in [-0.1, -0.05) is 23.8 Å². The number of aryl methyl sites for hydroxylation is 1.